The molecule has 11 heavy (non-hydrogen) atoms. The highest BCUT2D eigenvalue weighted by Crippen LogP contribution is 2.20. The van der Waals surface area contributed by atoms with Crippen molar-refractivity contribution in [3.8, 4) is 0 Å². The number of nitrogens with zero attached hydrogens (tertiary/aromatic N) is 1. The molecule has 1 heterocycles. The first-order valence-electron chi connectivity index (χ1n) is 3.71. The van der Waals surface area contributed by atoms with Crippen LogP contribution in [0.5, 0.6) is 0 Å². The molecule has 3 atom stereocenters. The summed E-state index contributed by atoms with van der Waals surface area (Å²) in [6.07, 6.45) is -1.32. The van der Waals surface area contributed by atoms with Crippen LogP contribution in [0.25, 0.3) is 0 Å². The zero-order chi connectivity index (χ0) is 8.59. The van der Waals surface area contributed by atoms with Gasteiger partial charge in [0.05, 0.1) is 6.04 Å². The summed E-state index contributed by atoms with van der Waals surface area (Å²) >= 11 is 0. The van der Waals surface area contributed by atoms with E-state index in [1.165, 1.54) is 4.90 Å². The molecule has 1 aliphatic heterocycles. The smallest absolute Gasteiger partial charge is 0.412 e. The van der Waals surface area contributed by atoms with Crippen molar-refractivity contribution in [2.75, 3.05) is 0 Å². The Morgan fingerprint density at radius 2 is 2.18 bits per heavy atom. The molecule has 1 aliphatic rings. The Balaban J connectivity index is 2.71. The highest BCUT2D eigenvalue weighted by atomic mass is 16.6. The lowest BCUT2D eigenvalue weighted by atomic mass is 10.2. The topological polar surface area (TPSA) is 49.8 Å². The van der Waals surface area contributed by atoms with E-state index >= 15 is 0 Å². The van der Waals surface area contributed by atoms with Crippen LogP contribution in [0.2, 0.25) is 0 Å². The molecular weight excluding hydrogens is 146 g/mol. The molecule has 0 bridgehead atoms. The van der Waals surface area contributed by atoms with Gasteiger partial charge in [-0.05, 0) is 20.8 Å². The summed E-state index contributed by atoms with van der Waals surface area (Å²) in [6.45, 7) is 5.21. The molecular formula is C7H13NO3. The largest absolute Gasteiger partial charge is 0.444 e. The highest BCUT2D eigenvalue weighted by Gasteiger charge is 2.37. The van der Waals surface area contributed by atoms with Gasteiger partial charge in [-0.1, -0.05) is 0 Å². The monoisotopic (exact) mass is 159 g/mol. The van der Waals surface area contributed by atoms with Gasteiger partial charge in [0, 0.05) is 0 Å². The number of aliphatic hydroxyl groups is 1. The molecule has 1 fully saturated rings. The molecule has 0 spiro atoms. The van der Waals surface area contributed by atoms with E-state index in [2.05, 4.69) is 0 Å². The lowest BCUT2D eigenvalue weighted by Gasteiger charge is -2.21. The zero-order valence-corrected chi connectivity index (χ0v) is 6.94. The van der Waals surface area contributed by atoms with E-state index in [0.717, 1.165) is 0 Å². The van der Waals surface area contributed by atoms with Gasteiger partial charge in [0.15, 0.2) is 0 Å². The van der Waals surface area contributed by atoms with E-state index in [-0.39, 0.29) is 12.1 Å². The maximum atomic E-state index is 11.0. The number of amides is 1. The Morgan fingerprint density at radius 3 is 2.36 bits per heavy atom. The number of rotatable bonds is 1. The van der Waals surface area contributed by atoms with E-state index in [0.29, 0.717) is 0 Å². The van der Waals surface area contributed by atoms with Crippen LogP contribution in [0.15, 0.2) is 0 Å². The molecule has 0 aliphatic carbocycles. The molecule has 0 radical (unpaired) electrons. The standard InChI is InChI=1S/C7H13NO3/c1-4-5(2)11-7(10)8(4)6(3)9/h4-6,9H,1-3H3. The Hall–Kier alpha value is -0.770. The summed E-state index contributed by atoms with van der Waals surface area (Å²) in [5.41, 5.74) is 0. The molecule has 0 aromatic rings. The van der Waals surface area contributed by atoms with E-state index < -0.39 is 12.3 Å². The van der Waals surface area contributed by atoms with Gasteiger partial charge in [-0.3, -0.25) is 4.90 Å². The second-order valence-corrected chi connectivity index (χ2v) is 2.87. The Kier molecular flexibility index (Phi) is 2.04. The first-order valence-corrected chi connectivity index (χ1v) is 3.71. The number of ether oxygens (including phenoxy) is 1. The maximum Gasteiger partial charge on any atom is 0.412 e. The first kappa shape index (κ1) is 8.33. The molecule has 0 saturated carbocycles. The van der Waals surface area contributed by atoms with Crippen molar-refractivity contribution < 1.29 is 14.6 Å². The average molecular weight is 159 g/mol. The lowest BCUT2D eigenvalue weighted by Crippen LogP contribution is -2.40. The summed E-state index contributed by atoms with van der Waals surface area (Å²) in [6, 6.07) is -0.0394. The third-order valence-electron chi connectivity index (χ3n) is 2.02. The minimum Gasteiger partial charge on any atom is -0.444 e. The van der Waals surface area contributed by atoms with Gasteiger partial charge >= 0.3 is 6.09 Å². The second kappa shape index (κ2) is 2.70. The van der Waals surface area contributed by atoms with Crippen molar-refractivity contribution in [1.29, 1.82) is 0 Å². The summed E-state index contributed by atoms with van der Waals surface area (Å²) in [7, 11) is 0. The van der Waals surface area contributed by atoms with Crippen LogP contribution < -0.4 is 0 Å². The predicted molar refractivity (Wildman–Crippen MR) is 38.9 cm³/mol. The number of hydrogen-bond donors (Lipinski definition) is 1. The molecule has 1 saturated heterocycles. The van der Waals surface area contributed by atoms with Gasteiger partial charge < -0.3 is 9.84 Å². The summed E-state index contributed by atoms with van der Waals surface area (Å²) in [4.78, 5) is 12.3. The third-order valence-corrected chi connectivity index (χ3v) is 2.02. The van der Waals surface area contributed by atoms with E-state index in [1.807, 2.05) is 13.8 Å². The normalized spacial score (nSPS) is 33.8. The van der Waals surface area contributed by atoms with Gasteiger partial charge in [0.1, 0.15) is 12.3 Å². The zero-order valence-electron chi connectivity index (χ0n) is 6.94. The molecule has 0 aromatic carbocycles. The van der Waals surface area contributed by atoms with Gasteiger partial charge in [0.2, 0.25) is 0 Å². The molecule has 64 valence electrons. The predicted octanol–water partition coefficient (Wildman–Crippen LogP) is 0.554. The molecule has 3 unspecified atom stereocenters. The lowest BCUT2D eigenvalue weighted by molar-refractivity contribution is 0.0359. The number of cyclic esters (lactones) is 1. The fraction of sp³-hybridized carbons (Fsp3) is 0.857. The molecule has 4 heteroatoms. The van der Waals surface area contributed by atoms with Crippen molar-refractivity contribution in [3.05, 3.63) is 0 Å². The summed E-state index contributed by atoms with van der Waals surface area (Å²) in [5, 5.41) is 9.14. The van der Waals surface area contributed by atoms with Crippen LogP contribution in [0.1, 0.15) is 20.8 Å². The van der Waals surface area contributed by atoms with Gasteiger partial charge in [-0.2, -0.15) is 0 Å². The van der Waals surface area contributed by atoms with Gasteiger partial charge in [0.25, 0.3) is 0 Å². The van der Waals surface area contributed by atoms with Crippen molar-refractivity contribution >= 4 is 6.09 Å². The SMILES string of the molecule is CC1OC(=O)N(C(C)O)C1C. The summed E-state index contributed by atoms with van der Waals surface area (Å²) in [5.74, 6) is 0. The fourth-order valence-corrected chi connectivity index (χ4v) is 1.20. The Labute approximate surface area is 65.8 Å². The first-order chi connectivity index (χ1) is 5.04. The van der Waals surface area contributed by atoms with Crippen LogP contribution in [-0.4, -0.2) is 34.5 Å². The molecule has 1 rings (SSSR count). The molecule has 1 amide bonds. The van der Waals surface area contributed by atoms with Crippen LogP contribution in [0.3, 0.4) is 0 Å². The van der Waals surface area contributed by atoms with Crippen LogP contribution in [0, 0.1) is 0 Å². The van der Waals surface area contributed by atoms with E-state index in [1.54, 1.807) is 6.92 Å². The van der Waals surface area contributed by atoms with Crippen LogP contribution in [0.4, 0.5) is 4.79 Å². The van der Waals surface area contributed by atoms with Crippen molar-refractivity contribution in [2.45, 2.75) is 39.1 Å². The third kappa shape index (κ3) is 1.30. The minimum absolute atomic E-state index is 0.0394. The van der Waals surface area contributed by atoms with Crippen molar-refractivity contribution in [2.24, 2.45) is 0 Å². The van der Waals surface area contributed by atoms with E-state index in [9.17, 15) is 4.79 Å². The molecule has 1 N–H and O–H groups in total. The maximum absolute atomic E-state index is 11.0. The molecule has 0 aromatic heterocycles. The number of carbonyl (C=O) groups excluding carboxylic acids is 1. The van der Waals surface area contributed by atoms with Crippen LogP contribution >= 0.6 is 0 Å². The quantitative estimate of drug-likeness (QED) is 0.608. The van der Waals surface area contributed by atoms with E-state index in [4.69, 9.17) is 9.84 Å². The van der Waals surface area contributed by atoms with Gasteiger partial charge in [-0.15, -0.1) is 0 Å². The van der Waals surface area contributed by atoms with Gasteiger partial charge in [-0.25, -0.2) is 4.79 Å². The van der Waals surface area contributed by atoms with Crippen molar-refractivity contribution in [1.82, 2.24) is 4.90 Å². The Bertz CT molecular complexity index is 169. The van der Waals surface area contributed by atoms with Crippen LogP contribution in [-0.2, 0) is 4.74 Å². The van der Waals surface area contributed by atoms with Crippen molar-refractivity contribution in [3.63, 3.8) is 0 Å². The fourth-order valence-electron chi connectivity index (χ4n) is 1.20. The number of carbonyl (C=O) groups is 1. The number of hydrogen-bond acceptors (Lipinski definition) is 3. The molecule has 4 nitrogen and oxygen atoms in total. The second-order valence-electron chi connectivity index (χ2n) is 2.87. The summed E-state index contributed by atoms with van der Waals surface area (Å²) < 4.78 is 4.87. The number of aliphatic hydroxyl groups excluding tert-OH is 1. The average Bonchev–Trinajstić information content (AvgIpc) is 2.07. The Morgan fingerprint density at radius 1 is 1.64 bits per heavy atom. The highest BCUT2D eigenvalue weighted by molar-refractivity contribution is 5.70. The minimum atomic E-state index is -0.762.